The van der Waals surface area contributed by atoms with Crippen LogP contribution in [0.4, 0.5) is 8.78 Å². The SMILES string of the molecule is COc1cc([C@@H]2CCCN2)c(O)c(F)c1F. The number of phenols is 1. The number of phenolic OH excluding ortho intramolecular Hbond substituents is 1. The molecule has 1 heterocycles. The summed E-state index contributed by atoms with van der Waals surface area (Å²) in [5.41, 5.74) is 0.355. The summed E-state index contributed by atoms with van der Waals surface area (Å²) >= 11 is 0. The first-order chi connectivity index (χ1) is 7.65. The van der Waals surface area contributed by atoms with Crippen molar-refractivity contribution in [2.45, 2.75) is 18.9 Å². The highest BCUT2D eigenvalue weighted by Gasteiger charge is 2.25. The van der Waals surface area contributed by atoms with E-state index in [9.17, 15) is 13.9 Å². The van der Waals surface area contributed by atoms with Crippen LogP contribution < -0.4 is 10.1 Å². The summed E-state index contributed by atoms with van der Waals surface area (Å²) in [6.45, 7) is 0.811. The van der Waals surface area contributed by atoms with Gasteiger partial charge < -0.3 is 15.2 Å². The third kappa shape index (κ3) is 1.71. The van der Waals surface area contributed by atoms with Crippen molar-refractivity contribution in [3.05, 3.63) is 23.3 Å². The van der Waals surface area contributed by atoms with Crippen LogP contribution >= 0.6 is 0 Å². The second kappa shape index (κ2) is 4.25. The van der Waals surface area contributed by atoms with Gasteiger partial charge in [0, 0.05) is 11.6 Å². The molecule has 1 aliphatic heterocycles. The maximum absolute atomic E-state index is 13.4. The van der Waals surface area contributed by atoms with Gasteiger partial charge in [-0.1, -0.05) is 0 Å². The van der Waals surface area contributed by atoms with Crippen LogP contribution in [0.3, 0.4) is 0 Å². The number of methoxy groups -OCH3 is 1. The van der Waals surface area contributed by atoms with Gasteiger partial charge >= 0.3 is 0 Å². The standard InChI is InChI=1S/C11H13F2NO2/c1-16-8-5-6(7-3-2-4-14-7)11(15)10(13)9(8)12/h5,7,14-15H,2-4H2,1H3/t7-/m0/s1. The van der Waals surface area contributed by atoms with Gasteiger partial charge in [-0.15, -0.1) is 0 Å². The van der Waals surface area contributed by atoms with Crippen molar-refractivity contribution in [2.75, 3.05) is 13.7 Å². The van der Waals surface area contributed by atoms with E-state index in [1.807, 2.05) is 0 Å². The third-order valence-corrected chi connectivity index (χ3v) is 2.83. The fourth-order valence-electron chi connectivity index (χ4n) is 1.98. The number of halogens is 2. The molecule has 1 atom stereocenters. The van der Waals surface area contributed by atoms with E-state index in [4.69, 9.17) is 4.74 Å². The molecule has 1 saturated heterocycles. The maximum atomic E-state index is 13.4. The van der Waals surface area contributed by atoms with Crippen molar-refractivity contribution in [3.63, 3.8) is 0 Å². The largest absolute Gasteiger partial charge is 0.505 e. The minimum atomic E-state index is -1.25. The zero-order valence-electron chi connectivity index (χ0n) is 8.89. The van der Waals surface area contributed by atoms with Crippen LogP contribution in [-0.2, 0) is 0 Å². The number of hydrogen-bond donors (Lipinski definition) is 2. The quantitative estimate of drug-likeness (QED) is 0.816. The Morgan fingerprint density at radius 1 is 1.44 bits per heavy atom. The minimum absolute atomic E-state index is 0.135. The molecule has 0 aromatic heterocycles. The zero-order valence-corrected chi connectivity index (χ0v) is 8.89. The molecule has 88 valence electrons. The fourth-order valence-corrected chi connectivity index (χ4v) is 1.98. The van der Waals surface area contributed by atoms with E-state index in [0.29, 0.717) is 5.56 Å². The first-order valence-corrected chi connectivity index (χ1v) is 5.13. The number of aromatic hydroxyl groups is 1. The number of rotatable bonds is 2. The molecule has 1 aromatic rings. The summed E-state index contributed by atoms with van der Waals surface area (Å²) in [5.74, 6) is -3.21. The molecule has 0 radical (unpaired) electrons. The molecule has 0 aliphatic carbocycles. The minimum Gasteiger partial charge on any atom is -0.505 e. The predicted octanol–water partition coefficient (Wildman–Crippen LogP) is 2.10. The number of hydrogen-bond acceptors (Lipinski definition) is 3. The normalized spacial score (nSPS) is 20.1. The molecule has 0 saturated carbocycles. The van der Waals surface area contributed by atoms with E-state index in [1.165, 1.54) is 13.2 Å². The van der Waals surface area contributed by atoms with Gasteiger partial charge in [-0.05, 0) is 25.5 Å². The van der Waals surface area contributed by atoms with E-state index in [2.05, 4.69) is 5.32 Å². The van der Waals surface area contributed by atoms with E-state index >= 15 is 0 Å². The Kier molecular flexibility index (Phi) is 2.96. The fraction of sp³-hybridized carbons (Fsp3) is 0.455. The lowest BCUT2D eigenvalue weighted by atomic mass is 10.0. The molecular formula is C11H13F2NO2. The summed E-state index contributed by atoms with van der Waals surface area (Å²) in [5, 5.41) is 12.7. The molecule has 0 bridgehead atoms. The number of nitrogens with one attached hydrogen (secondary N) is 1. The number of ether oxygens (including phenoxy) is 1. The predicted molar refractivity (Wildman–Crippen MR) is 54.6 cm³/mol. The van der Waals surface area contributed by atoms with Crippen LogP contribution in [0.2, 0.25) is 0 Å². The molecule has 0 amide bonds. The van der Waals surface area contributed by atoms with Gasteiger partial charge in [0.1, 0.15) is 0 Å². The van der Waals surface area contributed by atoms with E-state index in [1.54, 1.807) is 0 Å². The van der Waals surface area contributed by atoms with E-state index < -0.39 is 17.4 Å². The van der Waals surface area contributed by atoms with Crippen LogP contribution in [-0.4, -0.2) is 18.8 Å². The Morgan fingerprint density at radius 3 is 2.75 bits per heavy atom. The van der Waals surface area contributed by atoms with Crippen LogP contribution in [0, 0.1) is 11.6 Å². The van der Waals surface area contributed by atoms with Gasteiger partial charge in [-0.25, -0.2) is 0 Å². The van der Waals surface area contributed by atoms with Gasteiger partial charge in [0.25, 0.3) is 0 Å². The van der Waals surface area contributed by atoms with Crippen molar-refractivity contribution >= 4 is 0 Å². The summed E-state index contributed by atoms with van der Waals surface area (Å²) in [6.07, 6.45) is 1.74. The molecule has 16 heavy (non-hydrogen) atoms. The highest BCUT2D eigenvalue weighted by Crippen LogP contribution is 2.37. The zero-order chi connectivity index (χ0) is 11.7. The molecule has 5 heteroatoms. The van der Waals surface area contributed by atoms with Crippen molar-refractivity contribution < 1.29 is 18.6 Å². The molecule has 1 aromatic carbocycles. The summed E-state index contributed by atoms with van der Waals surface area (Å²) < 4.78 is 31.3. The van der Waals surface area contributed by atoms with E-state index in [0.717, 1.165) is 19.4 Å². The van der Waals surface area contributed by atoms with Gasteiger partial charge in [-0.3, -0.25) is 0 Å². The average Bonchev–Trinajstić information content (AvgIpc) is 2.80. The third-order valence-electron chi connectivity index (χ3n) is 2.83. The van der Waals surface area contributed by atoms with Gasteiger partial charge in [0.2, 0.25) is 11.6 Å². The molecule has 1 fully saturated rings. The smallest absolute Gasteiger partial charge is 0.204 e. The Labute approximate surface area is 92.0 Å². The van der Waals surface area contributed by atoms with Gasteiger partial charge in [-0.2, -0.15) is 8.78 Å². The number of benzene rings is 1. The Morgan fingerprint density at radius 2 is 2.19 bits per heavy atom. The lowest BCUT2D eigenvalue weighted by Crippen LogP contribution is -2.14. The van der Waals surface area contributed by atoms with Crippen molar-refractivity contribution in [1.29, 1.82) is 0 Å². The van der Waals surface area contributed by atoms with Crippen LogP contribution in [0.1, 0.15) is 24.4 Å². The Bertz CT molecular complexity index is 403. The molecule has 0 unspecified atom stereocenters. The first-order valence-electron chi connectivity index (χ1n) is 5.13. The second-order valence-corrected chi connectivity index (χ2v) is 3.79. The van der Waals surface area contributed by atoms with E-state index in [-0.39, 0.29) is 11.8 Å². The Balaban J connectivity index is 2.48. The van der Waals surface area contributed by atoms with Crippen LogP contribution in [0.5, 0.6) is 11.5 Å². The molecule has 3 nitrogen and oxygen atoms in total. The highest BCUT2D eigenvalue weighted by molar-refractivity contribution is 5.44. The topological polar surface area (TPSA) is 41.5 Å². The molecule has 2 rings (SSSR count). The summed E-state index contributed by atoms with van der Waals surface area (Å²) in [6, 6.07) is 1.21. The van der Waals surface area contributed by atoms with Crippen molar-refractivity contribution in [2.24, 2.45) is 0 Å². The van der Waals surface area contributed by atoms with Gasteiger partial charge in [0.05, 0.1) is 7.11 Å². The monoisotopic (exact) mass is 229 g/mol. The lowest BCUT2D eigenvalue weighted by Gasteiger charge is -2.15. The molecule has 0 spiro atoms. The lowest BCUT2D eigenvalue weighted by molar-refractivity contribution is 0.349. The molecule has 1 aliphatic rings. The summed E-state index contributed by atoms with van der Waals surface area (Å²) in [4.78, 5) is 0. The van der Waals surface area contributed by atoms with Crippen LogP contribution in [0.15, 0.2) is 6.07 Å². The average molecular weight is 229 g/mol. The highest BCUT2D eigenvalue weighted by atomic mass is 19.2. The second-order valence-electron chi connectivity index (χ2n) is 3.79. The maximum Gasteiger partial charge on any atom is 0.204 e. The Hall–Kier alpha value is -1.36. The van der Waals surface area contributed by atoms with Gasteiger partial charge in [0.15, 0.2) is 11.5 Å². The molecular weight excluding hydrogens is 216 g/mol. The summed E-state index contributed by atoms with van der Waals surface area (Å²) in [7, 11) is 1.26. The first kappa shape index (κ1) is 11.1. The van der Waals surface area contributed by atoms with Crippen molar-refractivity contribution in [3.8, 4) is 11.5 Å². The van der Waals surface area contributed by atoms with Crippen molar-refractivity contribution in [1.82, 2.24) is 5.32 Å². The van der Waals surface area contributed by atoms with Crippen LogP contribution in [0.25, 0.3) is 0 Å². The molecule has 2 N–H and O–H groups in total.